The summed E-state index contributed by atoms with van der Waals surface area (Å²) in [5, 5.41) is 14.4. The number of oxime groups is 1. The molecular weight excluding hydrogens is 377 g/mol. The van der Waals surface area contributed by atoms with Crippen molar-refractivity contribution in [1.82, 2.24) is 4.90 Å². The minimum Gasteiger partial charge on any atom is -0.393 e. The highest BCUT2D eigenvalue weighted by atomic mass is 35.5. The quantitative estimate of drug-likeness (QED) is 0.302. The number of alkyl halides is 1. The molecule has 9 heteroatoms. The Morgan fingerprint density at radius 2 is 2.08 bits per heavy atom. The van der Waals surface area contributed by atoms with E-state index in [1.54, 1.807) is 12.1 Å². The monoisotopic (exact) mass is 395 g/mol. The van der Waals surface area contributed by atoms with Gasteiger partial charge in [-0.05, 0) is 25.9 Å². The van der Waals surface area contributed by atoms with Gasteiger partial charge in [0.1, 0.15) is 6.61 Å². The fourth-order valence-electron chi connectivity index (χ4n) is 2.45. The number of hydrogen-bond donors (Lipinski definition) is 0. The summed E-state index contributed by atoms with van der Waals surface area (Å²) < 4.78 is 0. The van der Waals surface area contributed by atoms with Crippen molar-refractivity contribution in [3.8, 4) is 0 Å². The van der Waals surface area contributed by atoms with Gasteiger partial charge < -0.3 is 9.74 Å². The fourth-order valence-corrected chi connectivity index (χ4v) is 2.87. The third kappa shape index (κ3) is 6.81. The first-order valence-electron chi connectivity index (χ1n) is 7.53. The third-order valence-electron chi connectivity index (χ3n) is 3.60. The van der Waals surface area contributed by atoms with Crippen LogP contribution in [0, 0.1) is 10.1 Å². The lowest BCUT2D eigenvalue weighted by Crippen LogP contribution is -2.35. The molecule has 1 aliphatic heterocycles. The van der Waals surface area contributed by atoms with Crippen LogP contribution in [0.5, 0.6) is 0 Å². The molecule has 0 N–H and O–H groups in total. The smallest absolute Gasteiger partial charge is 0.270 e. The third-order valence-corrected chi connectivity index (χ3v) is 4.15. The number of likely N-dealkylation sites (tertiary alicyclic amines) is 1. The van der Waals surface area contributed by atoms with Gasteiger partial charge in [0.2, 0.25) is 0 Å². The van der Waals surface area contributed by atoms with Crippen LogP contribution in [0.4, 0.5) is 5.69 Å². The zero-order valence-electron chi connectivity index (χ0n) is 13.1. The molecule has 24 heavy (non-hydrogen) atoms. The zero-order valence-corrected chi connectivity index (χ0v) is 15.4. The first-order chi connectivity index (χ1) is 11.1. The first-order valence-corrected chi connectivity index (χ1v) is 8.34. The number of nitro benzene ring substituents is 1. The van der Waals surface area contributed by atoms with E-state index >= 15 is 0 Å². The molecule has 0 radical (unpaired) electrons. The second-order valence-corrected chi connectivity index (χ2v) is 6.42. The van der Waals surface area contributed by atoms with Crippen LogP contribution in [0.15, 0.2) is 29.4 Å². The number of rotatable bonds is 7. The highest BCUT2D eigenvalue weighted by molar-refractivity contribution is 6.69. The molecule has 0 bridgehead atoms. The van der Waals surface area contributed by atoms with Gasteiger partial charge in [-0.25, -0.2) is 0 Å². The number of non-ortho nitro benzene ring substituents is 1. The summed E-state index contributed by atoms with van der Waals surface area (Å²) in [5.41, 5.74) is 0.388. The van der Waals surface area contributed by atoms with Crippen LogP contribution in [0.25, 0.3) is 0 Å². The van der Waals surface area contributed by atoms with E-state index in [1.807, 2.05) is 0 Å². The molecule has 1 saturated heterocycles. The van der Waals surface area contributed by atoms with Crippen molar-refractivity contribution in [2.75, 3.05) is 26.2 Å². The molecule has 1 unspecified atom stereocenters. The molecule has 1 atom stereocenters. The zero-order chi connectivity index (χ0) is 16.7. The van der Waals surface area contributed by atoms with E-state index in [0.29, 0.717) is 5.56 Å². The Kier molecular flexibility index (Phi) is 9.36. The topological polar surface area (TPSA) is 68.0 Å². The minimum atomic E-state index is -0.484. The summed E-state index contributed by atoms with van der Waals surface area (Å²) in [5.74, 6) is 0. The van der Waals surface area contributed by atoms with E-state index in [1.165, 1.54) is 31.4 Å². The van der Waals surface area contributed by atoms with E-state index in [4.69, 9.17) is 28.0 Å². The van der Waals surface area contributed by atoms with E-state index in [9.17, 15) is 10.1 Å². The molecule has 0 aromatic heterocycles. The van der Waals surface area contributed by atoms with Gasteiger partial charge in [-0.3, -0.25) is 10.1 Å². The standard InChI is InChI=1S/C15H19Cl2N3O3.ClH/c16-13(10-19-7-2-1-3-8-19)11-23-18-15(17)12-5-4-6-14(9-12)20(21)22;/h4-6,9,13H,1-3,7-8,10-11H2;1H. The molecule has 134 valence electrons. The van der Waals surface area contributed by atoms with Crippen LogP contribution in [-0.2, 0) is 4.84 Å². The second kappa shape index (κ2) is 10.7. The molecule has 0 amide bonds. The number of benzene rings is 1. The molecular formula is C15H20Cl3N3O3. The normalized spacial score (nSPS) is 17.0. The number of piperidine rings is 1. The van der Waals surface area contributed by atoms with Crippen LogP contribution in [0.2, 0.25) is 0 Å². The number of nitro groups is 1. The average Bonchev–Trinajstić information content (AvgIpc) is 2.55. The number of halogens is 3. The van der Waals surface area contributed by atoms with Gasteiger partial charge in [0.05, 0.1) is 10.3 Å². The van der Waals surface area contributed by atoms with Gasteiger partial charge in [-0.2, -0.15) is 0 Å². The lowest BCUT2D eigenvalue weighted by atomic mass is 10.1. The predicted molar refractivity (Wildman–Crippen MR) is 98.6 cm³/mol. The van der Waals surface area contributed by atoms with Crippen molar-refractivity contribution in [3.05, 3.63) is 39.9 Å². The van der Waals surface area contributed by atoms with E-state index in [-0.39, 0.29) is 35.2 Å². The summed E-state index contributed by atoms with van der Waals surface area (Å²) >= 11 is 12.2. The van der Waals surface area contributed by atoms with Gasteiger partial charge >= 0.3 is 0 Å². The maximum absolute atomic E-state index is 10.7. The molecule has 1 aromatic carbocycles. The summed E-state index contributed by atoms with van der Waals surface area (Å²) in [4.78, 5) is 17.8. The maximum Gasteiger partial charge on any atom is 0.270 e. The largest absolute Gasteiger partial charge is 0.393 e. The van der Waals surface area contributed by atoms with Gasteiger partial charge in [-0.15, -0.1) is 24.0 Å². The molecule has 0 aliphatic carbocycles. The van der Waals surface area contributed by atoms with Crippen LogP contribution in [0.1, 0.15) is 24.8 Å². The van der Waals surface area contributed by atoms with Crippen molar-refractivity contribution >= 4 is 46.5 Å². The molecule has 1 heterocycles. The van der Waals surface area contributed by atoms with Gasteiger partial charge in [0.25, 0.3) is 5.69 Å². The van der Waals surface area contributed by atoms with Crippen LogP contribution >= 0.6 is 35.6 Å². The lowest BCUT2D eigenvalue weighted by molar-refractivity contribution is -0.384. The summed E-state index contributed by atoms with van der Waals surface area (Å²) in [6.45, 7) is 3.14. The lowest BCUT2D eigenvalue weighted by Gasteiger charge is -2.27. The molecule has 2 rings (SSSR count). The highest BCUT2D eigenvalue weighted by Crippen LogP contribution is 2.16. The Hall–Kier alpha value is -1.08. The molecule has 1 aromatic rings. The summed E-state index contributed by atoms with van der Waals surface area (Å²) in [6, 6.07) is 5.92. The van der Waals surface area contributed by atoms with E-state index in [0.717, 1.165) is 19.6 Å². The summed E-state index contributed by atoms with van der Waals surface area (Å²) in [6.07, 6.45) is 3.70. The van der Waals surface area contributed by atoms with Crippen molar-refractivity contribution in [1.29, 1.82) is 0 Å². The van der Waals surface area contributed by atoms with Crippen LogP contribution in [0.3, 0.4) is 0 Å². The summed E-state index contributed by atoms with van der Waals surface area (Å²) in [7, 11) is 0. The minimum absolute atomic E-state index is 0. The molecule has 0 spiro atoms. The Morgan fingerprint density at radius 1 is 1.38 bits per heavy atom. The van der Waals surface area contributed by atoms with E-state index in [2.05, 4.69) is 10.1 Å². The predicted octanol–water partition coefficient (Wildman–Crippen LogP) is 4.03. The van der Waals surface area contributed by atoms with Crippen LogP contribution < -0.4 is 0 Å². The van der Waals surface area contributed by atoms with Crippen molar-refractivity contribution in [2.24, 2.45) is 5.16 Å². The molecule has 1 aliphatic rings. The van der Waals surface area contributed by atoms with Gasteiger partial charge in [0.15, 0.2) is 5.17 Å². The Bertz CT molecular complexity index is 566. The van der Waals surface area contributed by atoms with Crippen molar-refractivity contribution in [3.63, 3.8) is 0 Å². The number of hydrogen-bond acceptors (Lipinski definition) is 5. The van der Waals surface area contributed by atoms with Crippen LogP contribution in [-0.4, -0.2) is 46.6 Å². The maximum atomic E-state index is 10.7. The molecule has 1 fully saturated rings. The highest BCUT2D eigenvalue weighted by Gasteiger charge is 2.15. The SMILES string of the molecule is Cl.O=[N+]([O-])c1cccc(C(Cl)=NOCC(Cl)CN2CCCCC2)c1. The Labute approximate surface area is 157 Å². The first kappa shape index (κ1) is 21.0. The van der Waals surface area contributed by atoms with E-state index < -0.39 is 4.92 Å². The van der Waals surface area contributed by atoms with Crippen molar-refractivity contribution < 1.29 is 9.76 Å². The fraction of sp³-hybridized carbons (Fsp3) is 0.533. The Balaban J connectivity index is 0.00000288. The molecule has 0 saturated carbocycles. The average molecular weight is 397 g/mol. The van der Waals surface area contributed by atoms with Crippen molar-refractivity contribution in [2.45, 2.75) is 24.6 Å². The molecule has 6 nitrogen and oxygen atoms in total. The van der Waals surface area contributed by atoms with Gasteiger partial charge in [-0.1, -0.05) is 35.3 Å². The Morgan fingerprint density at radius 3 is 2.75 bits per heavy atom. The second-order valence-electron chi connectivity index (χ2n) is 5.44. The van der Waals surface area contributed by atoms with Gasteiger partial charge in [0, 0.05) is 24.2 Å². The number of nitrogens with zero attached hydrogens (tertiary/aromatic N) is 3.